The maximum absolute atomic E-state index is 12.1. The van der Waals surface area contributed by atoms with E-state index in [2.05, 4.69) is 24.1 Å². The summed E-state index contributed by atoms with van der Waals surface area (Å²) < 4.78 is 47.5. The highest BCUT2D eigenvalue weighted by molar-refractivity contribution is 7.91. The Hall–Kier alpha value is -1.12. The Morgan fingerprint density at radius 3 is 2.24 bits per heavy atom. The molecule has 1 N–H and O–H groups in total. The van der Waals surface area contributed by atoms with E-state index >= 15 is 0 Å². The predicted molar refractivity (Wildman–Crippen MR) is 101 cm³/mol. The fourth-order valence-electron chi connectivity index (χ4n) is 3.04. The molecule has 0 aliphatic carbocycles. The number of nitrogens with zero attached hydrogens (tertiary/aromatic N) is 1. The summed E-state index contributed by atoms with van der Waals surface area (Å²) >= 11 is 0. The molecule has 6 nitrogen and oxygen atoms in total. The summed E-state index contributed by atoms with van der Waals surface area (Å²) in [6.45, 7) is 7.09. The average molecular weight is 389 g/mol. The van der Waals surface area contributed by atoms with Crippen LogP contribution in [0.4, 0.5) is 5.69 Å². The number of likely N-dealkylation sites (tertiary alicyclic amines) is 1. The highest BCUT2D eigenvalue weighted by Gasteiger charge is 2.22. The number of nitrogens with one attached hydrogen (secondary N) is 1. The number of rotatable bonds is 6. The van der Waals surface area contributed by atoms with Gasteiger partial charge in [0.05, 0.1) is 15.5 Å². The number of hydrogen-bond donors (Lipinski definition) is 1. The van der Waals surface area contributed by atoms with Crippen LogP contribution in [0.3, 0.4) is 0 Å². The van der Waals surface area contributed by atoms with Crippen LogP contribution in [0.2, 0.25) is 0 Å². The molecule has 1 fully saturated rings. The topological polar surface area (TPSA) is 83.6 Å². The third kappa shape index (κ3) is 5.43. The van der Waals surface area contributed by atoms with E-state index in [1.165, 1.54) is 31.0 Å². The minimum Gasteiger partial charge on any atom is -0.382 e. The summed E-state index contributed by atoms with van der Waals surface area (Å²) in [7, 11) is -6.99. The molecule has 1 aromatic carbocycles. The SMILES string of the molecule is CC1CCN([C@H](C)CNc2ccc(S(C)(=O)=O)cc2S(C)(=O)=O)CC1. The summed E-state index contributed by atoms with van der Waals surface area (Å²) in [5, 5.41) is 3.19. The lowest BCUT2D eigenvalue weighted by molar-refractivity contribution is 0.152. The van der Waals surface area contributed by atoms with E-state index in [0.717, 1.165) is 31.5 Å². The van der Waals surface area contributed by atoms with E-state index in [9.17, 15) is 16.8 Å². The van der Waals surface area contributed by atoms with Crippen LogP contribution < -0.4 is 5.32 Å². The standard InChI is InChI=1S/C17H28N2O4S2/c1-13-7-9-19(10-8-13)14(2)12-18-16-6-5-15(24(3,20)21)11-17(16)25(4,22)23/h5-6,11,13-14,18H,7-10,12H2,1-4H3/t14-/m1/s1. The van der Waals surface area contributed by atoms with Crippen molar-refractivity contribution in [3.05, 3.63) is 18.2 Å². The lowest BCUT2D eigenvalue weighted by Crippen LogP contribution is -2.42. The van der Waals surface area contributed by atoms with E-state index in [0.29, 0.717) is 12.2 Å². The molecule has 0 spiro atoms. The van der Waals surface area contributed by atoms with Crippen molar-refractivity contribution in [2.45, 2.75) is 42.5 Å². The van der Waals surface area contributed by atoms with Gasteiger partial charge in [0.15, 0.2) is 19.7 Å². The third-order valence-corrected chi connectivity index (χ3v) is 7.06. The molecule has 142 valence electrons. The quantitative estimate of drug-likeness (QED) is 0.803. The molecule has 8 heteroatoms. The first-order chi connectivity index (χ1) is 11.5. The van der Waals surface area contributed by atoms with Crippen LogP contribution in [0.15, 0.2) is 28.0 Å². The van der Waals surface area contributed by atoms with Gasteiger partial charge in [-0.05, 0) is 57.0 Å². The number of benzene rings is 1. The molecule has 0 amide bonds. The first-order valence-corrected chi connectivity index (χ1v) is 12.3. The summed E-state index contributed by atoms with van der Waals surface area (Å²) in [6.07, 6.45) is 4.53. The van der Waals surface area contributed by atoms with Crippen molar-refractivity contribution < 1.29 is 16.8 Å². The molecule has 1 heterocycles. The van der Waals surface area contributed by atoms with Gasteiger partial charge in [0, 0.05) is 25.1 Å². The maximum atomic E-state index is 12.1. The van der Waals surface area contributed by atoms with Gasteiger partial charge >= 0.3 is 0 Å². The summed E-state index contributed by atoms with van der Waals surface area (Å²) in [5.41, 5.74) is 0.451. The summed E-state index contributed by atoms with van der Waals surface area (Å²) in [4.78, 5) is 2.43. The number of anilines is 1. The van der Waals surface area contributed by atoms with Crippen molar-refractivity contribution >= 4 is 25.4 Å². The zero-order valence-corrected chi connectivity index (χ0v) is 17.0. The lowest BCUT2D eigenvalue weighted by atomic mass is 9.98. The lowest BCUT2D eigenvalue weighted by Gasteiger charge is -2.35. The Bertz CT molecular complexity index is 811. The Balaban J connectivity index is 2.16. The fraction of sp³-hybridized carbons (Fsp3) is 0.647. The van der Waals surface area contributed by atoms with Crippen LogP contribution in [0.1, 0.15) is 26.7 Å². The van der Waals surface area contributed by atoms with Crippen molar-refractivity contribution in [2.75, 3.05) is 37.5 Å². The molecule has 2 rings (SSSR count). The summed E-state index contributed by atoms with van der Waals surface area (Å²) in [6, 6.07) is 4.49. The van der Waals surface area contributed by atoms with Gasteiger partial charge in [-0.2, -0.15) is 0 Å². The molecule has 1 aliphatic rings. The fourth-order valence-corrected chi connectivity index (χ4v) is 4.64. The molecular formula is C17H28N2O4S2. The normalized spacial score (nSPS) is 18.9. The average Bonchev–Trinajstić information content (AvgIpc) is 2.51. The van der Waals surface area contributed by atoms with Gasteiger partial charge in [0.25, 0.3) is 0 Å². The van der Waals surface area contributed by atoms with Crippen molar-refractivity contribution in [1.82, 2.24) is 4.90 Å². The van der Waals surface area contributed by atoms with Crippen LogP contribution in [0.5, 0.6) is 0 Å². The largest absolute Gasteiger partial charge is 0.382 e. The first kappa shape index (κ1) is 20.2. The Kier molecular flexibility index (Phi) is 6.17. The van der Waals surface area contributed by atoms with Crippen molar-refractivity contribution in [2.24, 2.45) is 5.92 Å². The van der Waals surface area contributed by atoms with E-state index in [1.807, 2.05) is 0 Å². The second-order valence-electron chi connectivity index (χ2n) is 7.15. The highest BCUT2D eigenvalue weighted by Crippen LogP contribution is 2.25. The first-order valence-electron chi connectivity index (χ1n) is 8.50. The van der Waals surface area contributed by atoms with E-state index in [4.69, 9.17) is 0 Å². The molecule has 0 bridgehead atoms. The monoisotopic (exact) mass is 388 g/mol. The van der Waals surface area contributed by atoms with Gasteiger partial charge in [-0.1, -0.05) is 6.92 Å². The van der Waals surface area contributed by atoms with Crippen molar-refractivity contribution in [3.8, 4) is 0 Å². The molecule has 1 aliphatic heterocycles. The second kappa shape index (κ2) is 7.63. The number of piperidine rings is 1. The molecule has 0 unspecified atom stereocenters. The molecule has 0 saturated carbocycles. The third-order valence-electron chi connectivity index (χ3n) is 4.81. The Morgan fingerprint density at radius 2 is 1.72 bits per heavy atom. The minimum absolute atomic E-state index is 0.0107. The zero-order valence-electron chi connectivity index (χ0n) is 15.3. The van der Waals surface area contributed by atoms with Gasteiger partial charge in [0.2, 0.25) is 0 Å². The van der Waals surface area contributed by atoms with Gasteiger partial charge in [-0.3, -0.25) is 4.90 Å². The summed E-state index contributed by atoms with van der Waals surface area (Å²) in [5.74, 6) is 0.761. The van der Waals surface area contributed by atoms with Gasteiger partial charge < -0.3 is 5.32 Å². The molecule has 1 saturated heterocycles. The van der Waals surface area contributed by atoms with Crippen molar-refractivity contribution in [1.29, 1.82) is 0 Å². The minimum atomic E-state index is -3.54. The van der Waals surface area contributed by atoms with Gasteiger partial charge in [-0.25, -0.2) is 16.8 Å². The van der Waals surface area contributed by atoms with Crippen LogP contribution in [-0.2, 0) is 19.7 Å². The molecule has 1 aromatic rings. The van der Waals surface area contributed by atoms with E-state index < -0.39 is 19.7 Å². The van der Waals surface area contributed by atoms with E-state index in [-0.39, 0.29) is 15.8 Å². The van der Waals surface area contributed by atoms with Crippen LogP contribution in [0, 0.1) is 5.92 Å². The van der Waals surface area contributed by atoms with Crippen LogP contribution >= 0.6 is 0 Å². The number of sulfone groups is 2. The Labute approximate surface area is 151 Å². The van der Waals surface area contributed by atoms with Gasteiger partial charge in [-0.15, -0.1) is 0 Å². The second-order valence-corrected chi connectivity index (χ2v) is 11.2. The Morgan fingerprint density at radius 1 is 1.12 bits per heavy atom. The highest BCUT2D eigenvalue weighted by atomic mass is 32.2. The molecule has 25 heavy (non-hydrogen) atoms. The number of hydrogen-bond acceptors (Lipinski definition) is 6. The van der Waals surface area contributed by atoms with E-state index in [1.54, 1.807) is 0 Å². The van der Waals surface area contributed by atoms with Crippen LogP contribution in [0.25, 0.3) is 0 Å². The molecular weight excluding hydrogens is 360 g/mol. The zero-order chi connectivity index (χ0) is 18.8. The smallest absolute Gasteiger partial charge is 0.177 e. The van der Waals surface area contributed by atoms with Crippen molar-refractivity contribution in [3.63, 3.8) is 0 Å². The molecule has 0 radical (unpaired) electrons. The predicted octanol–water partition coefficient (Wildman–Crippen LogP) is 2.03. The molecule has 0 aromatic heterocycles. The molecule has 1 atom stereocenters. The van der Waals surface area contributed by atoms with Crippen LogP contribution in [-0.4, -0.2) is 59.9 Å². The maximum Gasteiger partial charge on any atom is 0.177 e. The van der Waals surface area contributed by atoms with Gasteiger partial charge in [0.1, 0.15) is 0 Å².